The van der Waals surface area contributed by atoms with Crippen LogP contribution < -0.4 is 20.1 Å². The fraction of sp³-hybridized carbons (Fsp3) is 0.400. The molecule has 0 saturated heterocycles. The van der Waals surface area contributed by atoms with Gasteiger partial charge in [0.25, 0.3) is 0 Å². The second kappa shape index (κ2) is 9.71. The first-order valence-corrected chi connectivity index (χ1v) is 9.38. The predicted octanol–water partition coefficient (Wildman–Crippen LogP) is 4.33. The van der Waals surface area contributed by atoms with Gasteiger partial charge in [-0.05, 0) is 46.2 Å². The van der Waals surface area contributed by atoms with Gasteiger partial charge in [-0.25, -0.2) is 14.8 Å². The number of alkyl carbamates (subject to hydrolysis) is 1. The maximum absolute atomic E-state index is 12.5. The largest absolute Gasteiger partial charge is 0.573 e. The zero-order valence-electron chi connectivity index (χ0n) is 18.0. The summed E-state index contributed by atoms with van der Waals surface area (Å²) in [5.74, 6) is -0.923. The van der Waals surface area contributed by atoms with Gasteiger partial charge in [-0.3, -0.25) is 4.79 Å². The lowest BCUT2D eigenvalue weighted by molar-refractivity contribution is -0.274. The van der Waals surface area contributed by atoms with Crippen LogP contribution in [-0.4, -0.2) is 40.0 Å². The highest BCUT2D eigenvalue weighted by molar-refractivity contribution is 5.96. The molecule has 1 heterocycles. The van der Waals surface area contributed by atoms with E-state index in [1.807, 2.05) is 0 Å². The number of carbonyl (C=O) groups is 2. The van der Waals surface area contributed by atoms with Crippen LogP contribution in [0.4, 0.5) is 23.7 Å². The Bertz CT molecular complexity index is 959. The van der Waals surface area contributed by atoms with Crippen LogP contribution in [0.5, 0.6) is 17.5 Å². The minimum atomic E-state index is -4.84. The molecule has 2 rings (SSSR count). The standard InChI is InChI=1S/C20H23F3N4O5/c1-11-6-7-14(8-15(11)31-20(21,22)23)30-17-24-9-13(10-25-17)27-16(28)12(2)26-18(29)32-19(3,4)5/h6-10,12H,1-5H3,(H,26,29)(H,27,28)/t12-/m1/s1. The van der Waals surface area contributed by atoms with Gasteiger partial charge in [0, 0.05) is 6.07 Å². The molecule has 0 aliphatic rings. The van der Waals surface area contributed by atoms with E-state index < -0.39 is 35.8 Å². The molecule has 0 radical (unpaired) electrons. The van der Waals surface area contributed by atoms with Crippen LogP contribution >= 0.6 is 0 Å². The summed E-state index contributed by atoms with van der Waals surface area (Å²) < 4.78 is 51.8. The molecule has 0 aliphatic carbocycles. The average molecular weight is 456 g/mol. The number of nitrogens with one attached hydrogen (secondary N) is 2. The molecule has 2 amide bonds. The Hall–Kier alpha value is -3.57. The molecule has 2 N–H and O–H groups in total. The lowest BCUT2D eigenvalue weighted by Gasteiger charge is -2.21. The van der Waals surface area contributed by atoms with Crippen molar-refractivity contribution in [2.45, 2.75) is 52.6 Å². The van der Waals surface area contributed by atoms with Gasteiger partial charge < -0.3 is 24.8 Å². The third kappa shape index (κ3) is 8.28. The second-order valence-corrected chi connectivity index (χ2v) is 7.69. The Balaban J connectivity index is 1.96. The molecule has 0 spiro atoms. The molecule has 32 heavy (non-hydrogen) atoms. The minimum absolute atomic E-state index is 0.0295. The van der Waals surface area contributed by atoms with Crippen molar-refractivity contribution in [3.63, 3.8) is 0 Å². The number of ether oxygens (including phenoxy) is 3. The number of alkyl halides is 3. The molecular formula is C20H23F3N4O5. The number of amides is 2. The maximum Gasteiger partial charge on any atom is 0.573 e. The molecule has 9 nitrogen and oxygen atoms in total. The van der Waals surface area contributed by atoms with Crippen molar-refractivity contribution in [3.05, 3.63) is 36.2 Å². The molecule has 12 heteroatoms. The Kier molecular flexibility index (Phi) is 7.49. The summed E-state index contributed by atoms with van der Waals surface area (Å²) in [5.41, 5.74) is -0.228. The Morgan fingerprint density at radius 2 is 1.72 bits per heavy atom. The predicted molar refractivity (Wildman–Crippen MR) is 107 cm³/mol. The van der Waals surface area contributed by atoms with Crippen molar-refractivity contribution in [1.82, 2.24) is 15.3 Å². The van der Waals surface area contributed by atoms with Crippen molar-refractivity contribution in [1.29, 1.82) is 0 Å². The number of hydrogen-bond donors (Lipinski definition) is 2. The minimum Gasteiger partial charge on any atom is -0.444 e. The number of carbonyl (C=O) groups excluding carboxylic acids is 2. The van der Waals surface area contributed by atoms with E-state index in [1.165, 1.54) is 38.4 Å². The highest BCUT2D eigenvalue weighted by Gasteiger charge is 2.32. The number of nitrogens with zero attached hydrogens (tertiary/aromatic N) is 2. The molecule has 0 fully saturated rings. The van der Waals surface area contributed by atoms with Crippen LogP contribution in [-0.2, 0) is 9.53 Å². The van der Waals surface area contributed by atoms with E-state index in [9.17, 15) is 22.8 Å². The highest BCUT2D eigenvalue weighted by atomic mass is 19.4. The van der Waals surface area contributed by atoms with Crippen molar-refractivity contribution in [2.75, 3.05) is 5.32 Å². The highest BCUT2D eigenvalue weighted by Crippen LogP contribution is 2.31. The summed E-state index contributed by atoms with van der Waals surface area (Å²) in [7, 11) is 0. The van der Waals surface area contributed by atoms with Crippen LogP contribution in [0.15, 0.2) is 30.6 Å². The van der Waals surface area contributed by atoms with Crippen LogP contribution in [0, 0.1) is 6.92 Å². The Morgan fingerprint density at radius 3 is 2.28 bits per heavy atom. The Morgan fingerprint density at radius 1 is 1.09 bits per heavy atom. The molecule has 2 aromatic rings. The van der Waals surface area contributed by atoms with Gasteiger partial charge in [0.2, 0.25) is 5.91 Å². The van der Waals surface area contributed by atoms with Gasteiger partial charge in [-0.15, -0.1) is 13.2 Å². The molecule has 1 aromatic carbocycles. The van der Waals surface area contributed by atoms with Crippen molar-refractivity contribution < 1.29 is 37.0 Å². The van der Waals surface area contributed by atoms with Crippen LogP contribution in [0.25, 0.3) is 0 Å². The fourth-order valence-electron chi connectivity index (χ4n) is 2.22. The number of rotatable bonds is 6. The normalized spacial score (nSPS) is 12.5. The van der Waals surface area contributed by atoms with Gasteiger partial charge in [0.1, 0.15) is 23.1 Å². The number of halogens is 3. The van der Waals surface area contributed by atoms with E-state index in [0.29, 0.717) is 0 Å². The van der Waals surface area contributed by atoms with Crippen LogP contribution in [0.2, 0.25) is 0 Å². The number of hydrogen-bond acceptors (Lipinski definition) is 7. The van der Waals surface area contributed by atoms with Gasteiger partial charge in [-0.2, -0.15) is 0 Å². The SMILES string of the molecule is Cc1ccc(Oc2ncc(NC(=O)[C@@H](C)NC(=O)OC(C)(C)C)cn2)cc1OC(F)(F)F. The van der Waals surface area contributed by atoms with E-state index in [1.54, 1.807) is 20.8 Å². The topological polar surface area (TPSA) is 112 Å². The second-order valence-electron chi connectivity index (χ2n) is 7.69. The van der Waals surface area contributed by atoms with E-state index in [2.05, 4.69) is 25.3 Å². The summed E-state index contributed by atoms with van der Waals surface area (Å²) in [4.78, 5) is 31.7. The van der Waals surface area contributed by atoms with Gasteiger partial charge >= 0.3 is 18.5 Å². The molecule has 0 bridgehead atoms. The van der Waals surface area contributed by atoms with Gasteiger partial charge in [-0.1, -0.05) is 6.07 Å². The van der Waals surface area contributed by atoms with Crippen molar-refractivity contribution in [3.8, 4) is 17.5 Å². The number of benzene rings is 1. The zero-order chi connectivity index (χ0) is 24.1. The third-order valence-electron chi connectivity index (χ3n) is 3.62. The fourth-order valence-corrected chi connectivity index (χ4v) is 2.22. The maximum atomic E-state index is 12.5. The van der Waals surface area contributed by atoms with Crippen LogP contribution in [0.3, 0.4) is 0 Å². The van der Waals surface area contributed by atoms with Gasteiger partial charge in [0.05, 0.1) is 18.1 Å². The molecule has 1 aromatic heterocycles. The first kappa shape index (κ1) is 24.7. The summed E-state index contributed by atoms with van der Waals surface area (Å²) in [6, 6.07) is 2.82. The van der Waals surface area contributed by atoms with Crippen LogP contribution in [0.1, 0.15) is 33.3 Å². The Labute approximate surface area is 182 Å². The third-order valence-corrected chi connectivity index (χ3v) is 3.62. The smallest absolute Gasteiger partial charge is 0.444 e. The van der Waals surface area contributed by atoms with E-state index >= 15 is 0 Å². The summed E-state index contributed by atoms with van der Waals surface area (Å²) in [5, 5.41) is 4.90. The molecular weight excluding hydrogens is 433 g/mol. The lowest BCUT2D eigenvalue weighted by Crippen LogP contribution is -2.44. The van der Waals surface area contributed by atoms with E-state index in [4.69, 9.17) is 9.47 Å². The number of aryl methyl sites for hydroxylation is 1. The van der Waals surface area contributed by atoms with Crippen molar-refractivity contribution >= 4 is 17.7 Å². The van der Waals surface area contributed by atoms with E-state index in [0.717, 1.165) is 6.07 Å². The first-order chi connectivity index (χ1) is 14.7. The van der Waals surface area contributed by atoms with Crippen molar-refractivity contribution in [2.24, 2.45) is 0 Å². The number of anilines is 1. The summed E-state index contributed by atoms with van der Waals surface area (Å²) >= 11 is 0. The average Bonchev–Trinajstić information content (AvgIpc) is 2.63. The first-order valence-electron chi connectivity index (χ1n) is 9.38. The molecule has 174 valence electrons. The van der Waals surface area contributed by atoms with E-state index in [-0.39, 0.29) is 23.0 Å². The molecule has 1 atom stereocenters. The molecule has 0 aliphatic heterocycles. The molecule has 0 saturated carbocycles. The lowest BCUT2D eigenvalue weighted by atomic mass is 10.2. The summed E-state index contributed by atoms with van der Waals surface area (Å²) in [6.07, 6.45) is -3.11. The molecule has 0 unspecified atom stereocenters. The quantitative estimate of drug-likeness (QED) is 0.666. The monoisotopic (exact) mass is 456 g/mol. The van der Waals surface area contributed by atoms with Gasteiger partial charge in [0.15, 0.2) is 0 Å². The number of aromatic nitrogens is 2. The zero-order valence-corrected chi connectivity index (χ0v) is 18.0. The summed E-state index contributed by atoms with van der Waals surface area (Å²) in [6.45, 7) is 8.00.